The number of anilines is 2. The van der Waals surface area contributed by atoms with E-state index in [1.54, 1.807) is 0 Å². The van der Waals surface area contributed by atoms with Gasteiger partial charge in [0.1, 0.15) is 13.2 Å². The lowest BCUT2D eigenvalue weighted by atomic mass is 9.84. The highest BCUT2D eigenvalue weighted by Gasteiger charge is 2.42. The Kier molecular flexibility index (Phi) is 10.2. The summed E-state index contributed by atoms with van der Waals surface area (Å²) in [4.78, 5) is 74.7. The molecular weight excluding hydrogens is 524 g/mol. The molecule has 2 aliphatic rings. The van der Waals surface area contributed by atoms with Crippen LogP contribution in [0.4, 0.5) is 11.4 Å². The van der Waals surface area contributed by atoms with Gasteiger partial charge in [0, 0.05) is 11.4 Å². The molecule has 2 saturated heterocycles. The van der Waals surface area contributed by atoms with Gasteiger partial charge in [0.25, 0.3) is 0 Å². The van der Waals surface area contributed by atoms with Gasteiger partial charge in [0.2, 0.25) is 11.8 Å². The van der Waals surface area contributed by atoms with Gasteiger partial charge in [-0.05, 0) is 51.0 Å². The summed E-state index contributed by atoms with van der Waals surface area (Å²) in [5.41, 5.74) is -0.103. The molecule has 2 fully saturated rings. The molecule has 3 rings (SSSR count). The van der Waals surface area contributed by atoms with Crippen molar-refractivity contribution in [3.8, 4) is 0 Å². The van der Waals surface area contributed by atoms with Crippen LogP contribution in [0, 0.1) is 22.7 Å². The largest absolute Gasteiger partial charge is 0.464 e. The highest BCUT2D eigenvalue weighted by Crippen LogP contribution is 2.32. The van der Waals surface area contributed by atoms with Crippen LogP contribution in [0.15, 0.2) is 24.3 Å². The van der Waals surface area contributed by atoms with Crippen LogP contribution in [-0.4, -0.2) is 75.0 Å². The highest BCUT2D eigenvalue weighted by molar-refractivity contribution is 6.20. The summed E-state index contributed by atoms with van der Waals surface area (Å²) < 4.78 is 20.9. The third kappa shape index (κ3) is 7.30. The Hall–Kier alpha value is -3.64. The number of rotatable bonds is 14. The average molecular weight is 561 g/mol. The Labute approximate surface area is 232 Å². The van der Waals surface area contributed by atoms with Gasteiger partial charge < -0.3 is 29.6 Å². The first-order valence-corrected chi connectivity index (χ1v) is 13.2. The molecule has 0 radical (unpaired) electrons. The molecule has 1 aromatic rings. The molecule has 2 unspecified atom stereocenters. The summed E-state index contributed by atoms with van der Waals surface area (Å²) in [6, 6.07) is 5.71. The van der Waals surface area contributed by atoms with E-state index in [0.29, 0.717) is 26.4 Å². The summed E-state index contributed by atoms with van der Waals surface area (Å²) in [6.07, 6.45) is 1.45. The second kappa shape index (κ2) is 13.1. The molecule has 0 aromatic heterocycles. The Bertz CT molecular complexity index is 1040. The standard InChI is InChI=1S/C28H36N2O10/c1-5-27(11-37-12-27)15-39-25(35)21(17(3)31)23(33)29-19-7-9-20(10-8-19)30-24(34)22(18(4)32)26(36)40-16-28(6-2)13-38-14-28/h7-10,21-22H,5-6,11-16H2,1-4H3,(H,29,33)(H,30,34). The minimum atomic E-state index is -1.64. The van der Waals surface area contributed by atoms with Gasteiger partial charge in [-0.1, -0.05) is 13.8 Å². The van der Waals surface area contributed by atoms with Gasteiger partial charge in [0.05, 0.1) is 37.3 Å². The zero-order valence-electron chi connectivity index (χ0n) is 23.2. The van der Waals surface area contributed by atoms with Crippen molar-refractivity contribution in [3.05, 3.63) is 24.3 Å². The predicted octanol–water partition coefficient (Wildman–Crippen LogP) is 1.91. The summed E-state index contributed by atoms with van der Waals surface area (Å²) in [5, 5.41) is 4.99. The third-order valence-corrected chi connectivity index (χ3v) is 7.40. The fourth-order valence-corrected chi connectivity index (χ4v) is 4.16. The number of ketones is 2. The van der Waals surface area contributed by atoms with Gasteiger partial charge in [-0.15, -0.1) is 0 Å². The van der Waals surface area contributed by atoms with E-state index in [4.69, 9.17) is 18.9 Å². The number of amides is 2. The van der Waals surface area contributed by atoms with Gasteiger partial charge in [-0.25, -0.2) is 0 Å². The number of ether oxygens (including phenoxy) is 4. The van der Waals surface area contributed by atoms with Crippen molar-refractivity contribution in [2.45, 2.75) is 40.5 Å². The van der Waals surface area contributed by atoms with Crippen molar-refractivity contribution < 1.29 is 47.7 Å². The molecule has 1 aromatic carbocycles. The Morgan fingerprint density at radius 3 is 1.25 bits per heavy atom. The third-order valence-electron chi connectivity index (χ3n) is 7.40. The first kappa shape index (κ1) is 30.9. The first-order valence-electron chi connectivity index (χ1n) is 13.2. The predicted molar refractivity (Wildman–Crippen MR) is 141 cm³/mol. The van der Waals surface area contributed by atoms with Crippen molar-refractivity contribution in [2.75, 3.05) is 50.3 Å². The summed E-state index contributed by atoms with van der Waals surface area (Å²) in [5.74, 6) is -8.21. The zero-order valence-corrected chi connectivity index (χ0v) is 23.2. The molecule has 2 atom stereocenters. The summed E-state index contributed by atoms with van der Waals surface area (Å²) >= 11 is 0. The molecular formula is C28H36N2O10. The minimum Gasteiger partial charge on any atom is -0.464 e. The van der Waals surface area contributed by atoms with Crippen LogP contribution in [0.3, 0.4) is 0 Å². The van der Waals surface area contributed by atoms with Crippen molar-refractivity contribution in [1.29, 1.82) is 0 Å². The topological polar surface area (TPSA) is 163 Å². The van der Waals surface area contributed by atoms with Crippen molar-refractivity contribution >= 4 is 46.7 Å². The normalized spacial score (nSPS) is 18.1. The Morgan fingerprint density at radius 1 is 0.700 bits per heavy atom. The fraction of sp³-hybridized carbons (Fsp3) is 0.571. The van der Waals surface area contributed by atoms with E-state index in [2.05, 4.69) is 10.6 Å². The van der Waals surface area contributed by atoms with Crippen molar-refractivity contribution in [2.24, 2.45) is 22.7 Å². The molecule has 2 aliphatic heterocycles. The van der Waals surface area contributed by atoms with Crippen molar-refractivity contribution in [3.63, 3.8) is 0 Å². The number of Topliss-reactive ketones (excluding diaryl/α,β-unsaturated/α-hetero) is 2. The van der Waals surface area contributed by atoms with Crippen LogP contribution < -0.4 is 10.6 Å². The van der Waals surface area contributed by atoms with Crippen LogP contribution in [0.5, 0.6) is 0 Å². The van der Waals surface area contributed by atoms with Crippen LogP contribution in [-0.2, 0) is 47.7 Å². The number of carbonyl (C=O) groups is 6. The molecule has 2 N–H and O–H groups in total. The van der Waals surface area contributed by atoms with E-state index in [0.717, 1.165) is 26.7 Å². The fourth-order valence-electron chi connectivity index (χ4n) is 4.16. The van der Waals surface area contributed by atoms with Crippen molar-refractivity contribution in [1.82, 2.24) is 0 Å². The molecule has 0 saturated carbocycles. The molecule has 0 spiro atoms. The number of hydrogen-bond acceptors (Lipinski definition) is 10. The average Bonchev–Trinajstić information content (AvgIpc) is 2.84. The van der Waals surface area contributed by atoms with Crippen LogP contribution >= 0.6 is 0 Å². The minimum absolute atomic E-state index is 0.0521. The van der Waals surface area contributed by atoms with E-state index in [1.165, 1.54) is 24.3 Å². The molecule has 2 amide bonds. The van der Waals surface area contributed by atoms with E-state index < -0.39 is 47.2 Å². The quantitative estimate of drug-likeness (QED) is 0.254. The number of esters is 2. The molecule has 40 heavy (non-hydrogen) atoms. The molecule has 0 bridgehead atoms. The molecule has 12 heteroatoms. The lowest BCUT2D eigenvalue weighted by Gasteiger charge is -2.40. The molecule has 218 valence electrons. The molecule has 0 aliphatic carbocycles. The molecule has 2 heterocycles. The van der Waals surface area contributed by atoms with Crippen LogP contribution in [0.1, 0.15) is 40.5 Å². The maximum absolute atomic E-state index is 12.7. The summed E-state index contributed by atoms with van der Waals surface area (Å²) in [6.45, 7) is 8.02. The number of carbonyl (C=O) groups excluding carboxylic acids is 6. The number of benzene rings is 1. The van der Waals surface area contributed by atoms with E-state index in [9.17, 15) is 28.8 Å². The van der Waals surface area contributed by atoms with Gasteiger partial charge in [-0.2, -0.15) is 0 Å². The number of hydrogen-bond donors (Lipinski definition) is 2. The first-order chi connectivity index (χ1) is 18.9. The lowest BCUT2D eigenvalue weighted by Crippen LogP contribution is -2.47. The number of nitrogens with one attached hydrogen (secondary N) is 2. The maximum atomic E-state index is 12.7. The van der Waals surface area contributed by atoms with E-state index >= 15 is 0 Å². The Balaban J connectivity index is 1.56. The monoisotopic (exact) mass is 560 g/mol. The smallest absolute Gasteiger partial charge is 0.326 e. The van der Waals surface area contributed by atoms with Crippen LogP contribution in [0.25, 0.3) is 0 Å². The van der Waals surface area contributed by atoms with E-state index in [-0.39, 0.29) is 35.4 Å². The van der Waals surface area contributed by atoms with Gasteiger partial charge in [-0.3, -0.25) is 28.8 Å². The second-order valence-corrected chi connectivity index (χ2v) is 10.6. The Morgan fingerprint density at radius 2 is 1.02 bits per heavy atom. The van der Waals surface area contributed by atoms with E-state index in [1.807, 2.05) is 13.8 Å². The lowest BCUT2D eigenvalue weighted by molar-refractivity contribution is -0.176. The van der Waals surface area contributed by atoms with Gasteiger partial charge >= 0.3 is 11.9 Å². The second-order valence-electron chi connectivity index (χ2n) is 10.6. The highest BCUT2D eigenvalue weighted by atomic mass is 16.6. The summed E-state index contributed by atoms with van der Waals surface area (Å²) in [7, 11) is 0. The SMILES string of the molecule is CCC1(COC(=O)C(C(C)=O)C(=O)Nc2ccc(NC(=O)C(C(C)=O)C(=O)OCC3(CC)COC3)cc2)COC1. The maximum Gasteiger partial charge on any atom is 0.326 e. The van der Waals surface area contributed by atoms with Gasteiger partial charge in [0.15, 0.2) is 23.4 Å². The zero-order chi connectivity index (χ0) is 29.5. The van der Waals surface area contributed by atoms with Crippen LogP contribution in [0.2, 0.25) is 0 Å². The molecule has 12 nitrogen and oxygen atoms in total.